The van der Waals surface area contributed by atoms with Crippen molar-refractivity contribution in [1.82, 2.24) is 4.90 Å². The summed E-state index contributed by atoms with van der Waals surface area (Å²) in [5.74, 6) is -1.05. The largest absolute Gasteiger partial charge is 0.481 e. The van der Waals surface area contributed by atoms with Crippen LogP contribution < -0.4 is 0 Å². The molecule has 1 aliphatic rings. The highest BCUT2D eigenvalue weighted by molar-refractivity contribution is 5.78. The van der Waals surface area contributed by atoms with E-state index < -0.39 is 23.1 Å². The summed E-state index contributed by atoms with van der Waals surface area (Å²) in [6, 6.07) is 0. The van der Waals surface area contributed by atoms with Gasteiger partial charge in [0, 0.05) is 26.8 Å². The predicted molar refractivity (Wildman–Crippen MR) is 73.5 cm³/mol. The first-order valence-electron chi connectivity index (χ1n) is 6.82. The molecule has 2 atom stereocenters. The van der Waals surface area contributed by atoms with Gasteiger partial charge in [-0.15, -0.1) is 0 Å². The molecule has 0 spiro atoms. The zero-order chi connectivity index (χ0) is 15.6. The molecular weight excluding hydrogens is 262 g/mol. The second kappa shape index (κ2) is 5.99. The molecule has 116 valence electrons. The Morgan fingerprint density at radius 2 is 2.00 bits per heavy atom. The average Bonchev–Trinajstić information content (AvgIpc) is 2.73. The van der Waals surface area contributed by atoms with E-state index in [4.69, 9.17) is 9.47 Å². The summed E-state index contributed by atoms with van der Waals surface area (Å²) in [5.41, 5.74) is -1.53. The molecular formula is C14H25NO5. The molecule has 1 amide bonds. The minimum absolute atomic E-state index is 0.168. The molecule has 0 aliphatic carbocycles. The van der Waals surface area contributed by atoms with Crippen LogP contribution in [0.3, 0.4) is 0 Å². The van der Waals surface area contributed by atoms with Crippen molar-refractivity contribution >= 4 is 12.1 Å². The smallest absolute Gasteiger partial charge is 0.410 e. The Balaban J connectivity index is 2.80. The Labute approximate surface area is 120 Å². The van der Waals surface area contributed by atoms with Crippen LogP contribution in [0.4, 0.5) is 4.79 Å². The lowest BCUT2D eigenvalue weighted by atomic mass is 9.76. The first kappa shape index (κ1) is 16.8. The standard InChI is InChI=1S/C14H25NO5/c1-10(8-19-5)14(11(16)17)6-7-15(9-14)12(18)20-13(2,3)4/h10H,6-9H2,1-5H3,(H,16,17). The lowest BCUT2D eigenvalue weighted by Crippen LogP contribution is -2.44. The molecule has 1 fully saturated rings. The summed E-state index contributed by atoms with van der Waals surface area (Å²) < 4.78 is 10.4. The molecule has 6 nitrogen and oxygen atoms in total. The van der Waals surface area contributed by atoms with Crippen molar-refractivity contribution in [3.63, 3.8) is 0 Å². The highest BCUT2D eigenvalue weighted by Gasteiger charge is 2.50. The van der Waals surface area contributed by atoms with E-state index >= 15 is 0 Å². The van der Waals surface area contributed by atoms with Crippen molar-refractivity contribution in [2.24, 2.45) is 11.3 Å². The molecule has 1 N–H and O–H groups in total. The Hall–Kier alpha value is -1.30. The van der Waals surface area contributed by atoms with Crippen LogP contribution in [0.2, 0.25) is 0 Å². The maximum Gasteiger partial charge on any atom is 0.410 e. The second-order valence-corrected chi connectivity index (χ2v) is 6.47. The molecule has 2 unspecified atom stereocenters. The summed E-state index contributed by atoms with van der Waals surface area (Å²) in [6.45, 7) is 8.14. The van der Waals surface area contributed by atoms with E-state index in [1.54, 1.807) is 27.9 Å². The van der Waals surface area contributed by atoms with Gasteiger partial charge in [0.05, 0.1) is 5.41 Å². The van der Waals surface area contributed by atoms with Gasteiger partial charge in [-0.05, 0) is 33.1 Å². The first-order chi connectivity index (χ1) is 9.12. The highest BCUT2D eigenvalue weighted by atomic mass is 16.6. The molecule has 20 heavy (non-hydrogen) atoms. The van der Waals surface area contributed by atoms with E-state index in [0.29, 0.717) is 19.6 Å². The van der Waals surface area contributed by atoms with Crippen LogP contribution in [0.1, 0.15) is 34.1 Å². The normalized spacial score (nSPS) is 24.6. The quantitative estimate of drug-likeness (QED) is 0.855. The van der Waals surface area contributed by atoms with Gasteiger partial charge >= 0.3 is 12.1 Å². The third kappa shape index (κ3) is 3.62. The van der Waals surface area contributed by atoms with Crippen LogP contribution in [-0.2, 0) is 14.3 Å². The average molecular weight is 287 g/mol. The van der Waals surface area contributed by atoms with Crippen LogP contribution in [-0.4, -0.2) is 54.5 Å². The molecule has 1 saturated heterocycles. The Bertz CT molecular complexity index is 376. The Morgan fingerprint density at radius 1 is 1.40 bits per heavy atom. The summed E-state index contributed by atoms with van der Waals surface area (Å²) in [6.07, 6.45) is -0.0308. The van der Waals surface area contributed by atoms with Crippen molar-refractivity contribution in [1.29, 1.82) is 0 Å². The van der Waals surface area contributed by atoms with Crippen molar-refractivity contribution in [2.75, 3.05) is 26.8 Å². The van der Waals surface area contributed by atoms with E-state index in [2.05, 4.69) is 0 Å². The van der Waals surface area contributed by atoms with Gasteiger partial charge in [-0.1, -0.05) is 6.92 Å². The molecule has 0 aromatic heterocycles. The predicted octanol–water partition coefficient (Wildman–Crippen LogP) is 1.98. The van der Waals surface area contributed by atoms with Crippen molar-refractivity contribution < 1.29 is 24.2 Å². The number of hydrogen-bond donors (Lipinski definition) is 1. The molecule has 1 aliphatic heterocycles. The number of carboxylic acid groups (broad SMARTS) is 1. The van der Waals surface area contributed by atoms with Crippen molar-refractivity contribution in [2.45, 2.75) is 39.7 Å². The lowest BCUT2D eigenvalue weighted by molar-refractivity contribution is -0.152. The van der Waals surface area contributed by atoms with Crippen molar-refractivity contribution in [3.05, 3.63) is 0 Å². The number of rotatable bonds is 4. The maximum absolute atomic E-state index is 12.0. The number of carbonyl (C=O) groups excluding carboxylic acids is 1. The van der Waals surface area contributed by atoms with Crippen LogP contribution in [0, 0.1) is 11.3 Å². The SMILES string of the molecule is COCC(C)C1(C(=O)O)CCN(C(=O)OC(C)(C)C)C1. The number of nitrogens with zero attached hydrogens (tertiary/aromatic N) is 1. The second-order valence-electron chi connectivity index (χ2n) is 6.47. The van der Waals surface area contributed by atoms with E-state index in [0.717, 1.165) is 0 Å². The van der Waals surface area contributed by atoms with Gasteiger partial charge in [-0.2, -0.15) is 0 Å². The van der Waals surface area contributed by atoms with E-state index in [-0.39, 0.29) is 12.5 Å². The zero-order valence-corrected chi connectivity index (χ0v) is 12.9. The number of carbonyl (C=O) groups is 2. The lowest BCUT2D eigenvalue weighted by Gasteiger charge is -2.31. The molecule has 0 saturated carbocycles. The van der Waals surface area contributed by atoms with E-state index in [1.165, 1.54) is 4.90 Å². The molecule has 0 aromatic rings. The van der Waals surface area contributed by atoms with Gasteiger partial charge in [-0.25, -0.2) is 4.79 Å². The Kier molecular flexibility index (Phi) is 5.02. The topological polar surface area (TPSA) is 76.1 Å². The summed E-state index contributed by atoms with van der Waals surface area (Å²) in [4.78, 5) is 25.2. The fourth-order valence-electron chi connectivity index (χ4n) is 2.51. The number of hydrogen-bond acceptors (Lipinski definition) is 4. The Morgan fingerprint density at radius 3 is 2.45 bits per heavy atom. The molecule has 6 heteroatoms. The fourth-order valence-corrected chi connectivity index (χ4v) is 2.51. The summed E-state index contributed by atoms with van der Waals surface area (Å²) in [5, 5.41) is 9.56. The number of amides is 1. The summed E-state index contributed by atoms with van der Waals surface area (Å²) >= 11 is 0. The minimum Gasteiger partial charge on any atom is -0.481 e. The molecule has 0 radical (unpaired) electrons. The minimum atomic E-state index is -0.951. The highest BCUT2D eigenvalue weighted by Crippen LogP contribution is 2.39. The van der Waals surface area contributed by atoms with Crippen LogP contribution in [0.15, 0.2) is 0 Å². The number of methoxy groups -OCH3 is 1. The summed E-state index contributed by atoms with van der Waals surface area (Å²) in [7, 11) is 1.55. The van der Waals surface area contributed by atoms with E-state index in [1.807, 2.05) is 6.92 Å². The number of carboxylic acids is 1. The number of likely N-dealkylation sites (tertiary alicyclic amines) is 1. The van der Waals surface area contributed by atoms with Gasteiger partial charge in [-0.3, -0.25) is 4.79 Å². The molecule has 0 bridgehead atoms. The van der Waals surface area contributed by atoms with Gasteiger partial charge in [0.15, 0.2) is 0 Å². The van der Waals surface area contributed by atoms with Gasteiger partial charge in [0.2, 0.25) is 0 Å². The fraction of sp³-hybridized carbons (Fsp3) is 0.857. The van der Waals surface area contributed by atoms with E-state index in [9.17, 15) is 14.7 Å². The zero-order valence-electron chi connectivity index (χ0n) is 12.9. The number of aliphatic carboxylic acids is 1. The van der Waals surface area contributed by atoms with Gasteiger partial charge < -0.3 is 19.5 Å². The molecule has 0 aromatic carbocycles. The molecule has 1 rings (SSSR count). The number of ether oxygens (including phenoxy) is 2. The van der Waals surface area contributed by atoms with Gasteiger partial charge in [0.25, 0.3) is 0 Å². The van der Waals surface area contributed by atoms with Crippen molar-refractivity contribution in [3.8, 4) is 0 Å². The molecule has 1 heterocycles. The van der Waals surface area contributed by atoms with Crippen LogP contribution in [0.5, 0.6) is 0 Å². The monoisotopic (exact) mass is 287 g/mol. The van der Waals surface area contributed by atoms with Crippen LogP contribution >= 0.6 is 0 Å². The first-order valence-corrected chi connectivity index (χ1v) is 6.82. The third-order valence-corrected chi connectivity index (χ3v) is 3.74. The maximum atomic E-state index is 12.0. The van der Waals surface area contributed by atoms with Gasteiger partial charge in [0.1, 0.15) is 5.60 Å². The van der Waals surface area contributed by atoms with Crippen LogP contribution in [0.25, 0.3) is 0 Å². The third-order valence-electron chi connectivity index (χ3n) is 3.74.